The molecule has 0 spiro atoms. The number of methoxy groups -OCH3 is 3. The third-order valence-electron chi connectivity index (χ3n) is 2.23. The molecular formula is C13H18O4. The third kappa shape index (κ3) is 3.39. The lowest BCUT2D eigenvalue weighted by Gasteiger charge is -2.14. The lowest BCUT2D eigenvalue weighted by Crippen LogP contribution is -1.98. The van der Waals surface area contributed by atoms with Crippen LogP contribution in [0, 0.1) is 0 Å². The molecule has 4 nitrogen and oxygen atoms in total. The van der Waals surface area contributed by atoms with Gasteiger partial charge in [-0.1, -0.05) is 6.08 Å². The van der Waals surface area contributed by atoms with Crippen LogP contribution in [-0.4, -0.2) is 27.9 Å². The van der Waals surface area contributed by atoms with Crippen LogP contribution in [0.15, 0.2) is 24.8 Å². The van der Waals surface area contributed by atoms with E-state index in [2.05, 4.69) is 6.58 Å². The summed E-state index contributed by atoms with van der Waals surface area (Å²) in [6, 6.07) is 3.73. The number of rotatable bonds is 7. The van der Waals surface area contributed by atoms with Gasteiger partial charge in [-0.25, -0.2) is 0 Å². The van der Waals surface area contributed by atoms with E-state index in [1.54, 1.807) is 27.4 Å². The summed E-state index contributed by atoms with van der Waals surface area (Å²) in [5.41, 5.74) is 0.960. The van der Waals surface area contributed by atoms with Crippen molar-refractivity contribution >= 4 is 0 Å². The molecule has 0 heterocycles. The average molecular weight is 238 g/mol. The minimum Gasteiger partial charge on any atom is -0.493 e. The van der Waals surface area contributed by atoms with Crippen LogP contribution in [0.4, 0.5) is 0 Å². The van der Waals surface area contributed by atoms with Crippen molar-refractivity contribution in [1.82, 2.24) is 0 Å². The SMILES string of the molecule is C=CCOCc1cc(OC)c(OC)c(OC)c1. The predicted molar refractivity (Wildman–Crippen MR) is 66.0 cm³/mol. The Morgan fingerprint density at radius 1 is 1.06 bits per heavy atom. The molecule has 0 bridgehead atoms. The maximum atomic E-state index is 5.37. The molecule has 0 saturated heterocycles. The van der Waals surface area contributed by atoms with Crippen LogP contribution < -0.4 is 14.2 Å². The molecule has 1 aromatic carbocycles. The molecule has 0 unspecified atom stereocenters. The zero-order chi connectivity index (χ0) is 12.7. The van der Waals surface area contributed by atoms with Crippen molar-refractivity contribution in [2.24, 2.45) is 0 Å². The van der Waals surface area contributed by atoms with Gasteiger partial charge in [0.25, 0.3) is 0 Å². The second-order valence-corrected chi connectivity index (χ2v) is 3.34. The summed E-state index contributed by atoms with van der Waals surface area (Å²) in [5.74, 6) is 1.84. The van der Waals surface area contributed by atoms with E-state index in [4.69, 9.17) is 18.9 Å². The van der Waals surface area contributed by atoms with Gasteiger partial charge in [0, 0.05) is 0 Å². The van der Waals surface area contributed by atoms with E-state index in [1.807, 2.05) is 12.1 Å². The quantitative estimate of drug-likeness (QED) is 0.540. The highest BCUT2D eigenvalue weighted by Crippen LogP contribution is 2.38. The molecule has 1 rings (SSSR count). The molecule has 0 saturated carbocycles. The summed E-state index contributed by atoms with van der Waals surface area (Å²) in [7, 11) is 4.76. The molecular weight excluding hydrogens is 220 g/mol. The first-order chi connectivity index (χ1) is 8.26. The fraction of sp³-hybridized carbons (Fsp3) is 0.385. The summed E-state index contributed by atoms with van der Waals surface area (Å²) in [6.45, 7) is 4.58. The number of ether oxygens (including phenoxy) is 4. The van der Waals surface area contributed by atoms with Crippen molar-refractivity contribution in [3.63, 3.8) is 0 Å². The van der Waals surface area contributed by atoms with Crippen LogP contribution in [-0.2, 0) is 11.3 Å². The van der Waals surface area contributed by atoms with Crippen molar-refractivity contribution in [1.29, 1.82) is 0 Å². The summed E-state index contributed by atoms with van der Waals surface area (Å²) < 4.78 is 21.1. The van der Waals surface area contributed by atoms with Crippen molar-refractivity contribution in [3.05, 3.63) is 30.4 Å². The Labute approximate surface area is 102 Å². The molecule has 0 aliphatic rings. The summed E-state index contributed by atoms with van der Waals surface area (Å²) >= 11 is 0. The smallest absolute Gasteiger partial charge is 0.203 e. The molecule has 94 valence electrons. The van der Waals surface area contributed by atoms with Crippen LogP contribution >= 0.6 is 0 Å². The van der Waals surface area contributed by atoms with Gasteiger partial charge in [-0.15, -0.1) is 6.58 Å². The van der Waals surface area contributed by atoms with E-state index in [0.717, 1.165) is 5.56 Å². The van der Waals surface area contributed by atoms with Crippen molar-refractivity contribution < 1.29 is 18.9 Å². The minimum absolute atomic E-state index is 0.475. The molecule has 0 fully saturated rings. The first kappa shape index (κ1) is 13.4. The number of hydrogen-bond acceptors (Lipinski definition) is 4. The van der Waals surface area contributed by atoms with Gasteiger partial charge in [0.15, 0.2) is 11.5 Å². The Morgan fingerprint density at radius 3 is 2.06 bits per heavy atom. The first-order valence-electron chi connectivity index (χ1n) is 5.24. The molecule has 0 aromatic heterocycles. The largest absolute Gasteiger partial charge is 0.493 e. The lowest BCUT2D eigenvalue weighted by molar-refractivity contribution is 0.148. The van der Waals surface area contributed by atoms with Crippen molar-refractivity contribution in [2.45, 2.75) is 6.61 Å². The Kier molecular flexibility index (Phi) is 5.36. The normalized spacial score (nSPS) is 9.82. The highest BCUT2D eigenvalue weighted by atomic mass is 16.5. The molecule has 0 radical (unpaired) electrons. The zero-order valence-corrected chi connectivity index (χ0v) is 10.5. The molecule has 0 N–H and O–H groups in total. The van der Waals surface area contributed by atoms with E-state index < -0.39 is 0 Å². The minimum atomic E-state index is 0.475. The first-order valence-corrected chi connectivity index (χ1v) is 5.24. The Bertz CT molecular complexity index is 349. The topological polar surface area (TPSA) is 36.9 Å². The lowest BCUT2D eigenvalue weighted by atomic mass is 10.2. The van der Waals surface area contributed by atoms with Gasteiger partial charge in [-0.05, 0) is 17.7 Å². The van der Waals surface area contributed by atoms with Crippen LogP contribution in [0.3, 0.4) is 0 Å². The standard InChI is InChI=1S/C13H18O4/c1-5-6-17-9-10-7-11(14-2)13(16-4)12(8-10)15-3/h5,7-8H,1,6,9H2,2-4H3. The van der Waals surface area contributed by atoms with Crippen LogP contribution in [0.25, 0.3) is 0 Å². The molecule has 0 aliphatic heterocycles. The molecule has 0 atom stereocenters. The van der Waals surface area contributed by atoms with Crippen LogP contribution in [0.1, 0.15) is 5.56 Å². The third-order valence-corrected chi connectivity index (χ3v) is 2.23. The maximum Gasteiger partial charge on any atom is 0.203 e. The van der Waals surface area contributed by atoms with E-state index in [9.17, 15) is 0 Å². The van der Waals surface area contributed by atoms with Crippen molar-refractivity contribution in [2.75, 3.05) is 27.9 Å². The van der Waals surface area contributed by atoms with E-state index >= 15 is 0 Å². The summed E-state index contributed by atoms with van der Waals surface area (Å²) in [6.07, 6.45) is 1.71. The van der Waals surface area contributed by atoms with E-state index in [1.165, 1.54) is 0 Å². The molecule has 1 aromatic rings. The summed E-state index contributed by atoms with van der Waals surface area (Å²) in [4.78, 5) is 0. The van der Waals surface area contributed by atoms with Crippen LogP contribution in [0.5, 0.6) is 17.2 Å². The van der Waals surface area contributed by atoms with Gasteiger partial charge >= 0.3 is 0 Å². The predicted octanol–water partition coefficient (Wildman–Crippen LogP) is 2.42. The maximum absolute atomic E-state index is 5.37. The molecule has 17 heavy (non-hydrogen) atoms. The zero-order valence-electron chi connectivity index (χ0n) is 10.5. The van der Waals surface area contributed by atoms with Crippen LogP contribution in [0.2, 0.25) is 0 Å². The summed E-state index contributed by atoms with van der Waals surface area (Å²) in [5, 5.41) is 0. The monoisotopic (exact) mass is 238 g/mol. The molecule has 0 aliphatic carbocycles. The number of hydrogen-bond donors (Lipinski definition) is 0. The van der Waals surface area contributed by atoms with E-state index in [0.29, 0.717) is 30.5 Å². The van der Waals surface area contributed by atoms with Gasteiger partial charge < -0.3 is 18.9 Å². The van der Waals surface area contributed by atoms with Gasteiger partial charge in [-0.2, -0.15) is 0 Å². The Hall–Kier alpha value is -1.68. The second kappa shape index (κ2) is 6.81. The fourth-order valence-electron chi connectivity index (χ4n) is 1.48. The highest BCUT2D eigenvalue weighted by molar-refractivity contribution is 5.53. The van der Waals surface area contributed by atoms with Gasteiger partial charge in [-0.3, -0.25) is 0 Å². The Morgan fingerprint density at radius 2 is 1.65 bits per heavy atom. The Balaban J connectivity index is 2.96. The number of benzene rings is 1. The van der Waals surface area contributed by atoms with Gasteiger partial charge in [0.2, 0.25) is 5.75 Å². The van der Waals surface area contributed by atoms with Crippen molar-refractivity contribution in [3.8, 4) is 17.2 Å². The highest BCUT2D eigenvalue weighted by Gasteiger charge is 2.12. The van der Waals surface area contributed by atoms with Gasteiger partial charge in [0.1, 0.15) is 0 Å². The van der Waals surface area contributed by atoms with E-state index in [-0.39, 0.29) is 0 Å². The molecule has 0 amide bonds. The fourth-order valence-corrected chi connectivity index (χ4v) is 1.48. The van der Waals surface area contributed by atoms with Gasteiger partial charge in [0.05, 0.1) is 34.5 Å². The molecule has 4 heteroatoms. The average Bonchev–Trinajstić information content (AvgIpc) is 2.37. The second-order valence-electron chi connectivity index (χ2n) is 3.34.